The maximum atomic E-state index is 13.3. The molecule has 0 aliphatic heterocycles. The second-order valence-electron chi connectivity index (χ2n) is 8.34. The molecule has 36 heavy (non-hydrogen) atoms. The molecule has 0 bridgehead atoms. The van der Waals surface area contributed by atoms with E-state index in [1.54, 1.807) is 29.2 Å². The summed E-state index contributed by atoms with van der Waals surface area (Å²) in [6.45, 7) is 9.83. The lowest BCUT2D eigenvalue weighted by atomic mass is 10.1. The monoisotopic (exact) mass is 530 g/mol. The molecule has 0 N–H and O–H groups in total. The molecule has 0 spiro atoms. The minimum Gasteiger partial charge on any atom is -0.497 e. The summed E-state index contributed by atoms with van der Waals surface area (Å²) in [5, 5.41) is 1.87. The molecule has 0 fully saturated rings. The lowest BCUT2D eigenvalue weighted by Gasteiger charge is -2.29. The van der Waals surface area contributed by atoms with Crippen molar-refractivity contribution in [2.75, 3.05) is 25.1 Å². The van der Waals surface area contributed by atoms with Crippen LogP contribution < -0.4 is 13.8 Å². The number of amides is 1. The topological polar surface area (TPSA) is 76.2 Å². The number of nitrogens with zero attached hydrogens (tertiary/aromatic N) is 2. The Morgan fingerprint density at radius 3 is 2.28 bits per heavy atom. The third kappa shape index (κ3) is 6.39. The molecule has 0 aliphatic carbocycles. The summed E-state index contributed by atoms with van der Waals surface area (Å²) in [6, 6.07) is 15.2. The highest BCUT2D eigenvalue weighted by atomic mass is 32.2. The average Bonchev–Trinajstić information content (AvgIpc) is 3.43. The van der Waals surface area contributed by atoms with E-state index in [0.29, 0.717) is 16.2 Å². The molecule has 0 radical (unpaired) electrons. The fourth-order valence-electron chi connectivity index (χ4n) is 3.82. The van der Waals surface area contributed by atoms with E-state index < -0.39 is 10.1 Å². The van der Waals surface area contributed by atoms with Crippen LogP contribution in [0.1, 0.15) is 49.4 Å². The average molecular weight is 531 g/mol. The molecule has 1 aromatic heterocycles. The van der Waals surface area contributed by atoms with Crippen molar-refractivity contribution in [3.8, 4) is 11.5 Å². The number of benzene rings is 2. The number of hydrogen-bond donors (Lipinski definition) is 0. The van der Waals surface area contributed by atoms with Gasteiger partial charge in [-0.25, -0.2) is 0 Å². The second kappa shape index (κ2) is 12.3. The van der Waals surface area contributed by atoms with Crippen molar-refractivity contribution in [2.24, 2.45) is 0 Å². The molecule has 0 unspecified atom stereocenters. The molecule has 3 rings (SSSR count). The Labute approximate surface area is 218 Å². The Kier molecular flexibility index (Phi) is 9.39. The van der Waals surface area contributed by atoms with E-state index in [2.05, 4.69) is 4.90 Å². The van der Waals surface area contributed by atoms with E-state index in [1.807, 2.05) is 51.3 Å². The first-order valence-corrected chi connectivity index (χ1v) is 14.3. The highest BCUT2D eigenvalue weighted by Crippen LogP contribution is 2.31. The minimum atomic E-state index is -4.12. The zero-order valence-corrected chi connectivity index (χ0v) is 23.1. The number of carbonyl (C=O) groups is 1. The SMILES string of the molecule is CC[C@H](C)N(Cc1ccc(N(CC)CC)cc1OS(=O)(=O)c1ccc(OC)cc1)C(=O)c1cccs1. The van der Waals surface area contributed by atoms with Gasteiger partial charge in [-0.3, -0.25) is 4.79 Å². The maximum Gasteiger partial charge on any atom is 0.339 e. The predicted molar refractivity (Wildman–Crippen MR) is 145 cm³/mol. The zero-order chi connectivity index (χ0) is 26.3. The summed E-state index contributed by atoms with van der Waals surface area (Å²) < 4.78 is 37.3. The third-order valence-corrected chi connectivity index (χ3v) is 8.29. The number of hydrogen-bond acceptors (Lipinski definition) is 7. The third-order valence-electron chi connectivity index (χ3n) is 6.18. The normalized spacial score (nSPS) is 12.1. The Morgan fingerprint density at radius 1 is 1.03 bits per heavy atom. The van der Waals surface area contributed by atoms with Crippen LogP contribution in [0, 0.1) is 0 Å². The first kappa shape index (κ1) is 27.5. The lowest BCUT2D eigenvalue weighted by Crippen LogP contribution is -2.37. The molecule has 2 aromatic carbocycles. The molecule has 3 aromatic rings. The van der Waals surface area contributed by atoms with Crippen molar-refractivity contribution >= 4 is 33.0 Å². The molecule has 7 nitrogen and oxygen atoms in total. The van der Waals surface area contributed by atoms with Gasteiger partial charge >= 0.3 is 10.1 Å². The summed E-state index contributed by atoms with van der Waals surface area (Å²) in [4.78, 5) is 17.9. The van der Waals surface area contributed by atoms with Crippen molar-refractivity contribution in [2.45, 2.75) is 51.6 Å². The molecule has 0 saturated carbocycles. The van der Waals surface area contributed by atoms with Crippen molar-refractivity contribution in [3.63, 3.8) is 0 Å². The number of anilines is 1. The summed E-state index contributed by atoms with van der Waals surface area (Å²) in [5.74, 6) is 0.674. The molecule has 194 valence electrons. The standard InChI is InChI=1S/C27H34N2O5S2/c1-6-20(4)29(27(30)26-10-9-17-35-26)19-21-11-12-22(28(7-2)8-3)18-25(21)34-36(31,32)24-15-13-23(33-5)14-16-24/h9-18,20H,6-8,19H2,1-5H3/t20-/m0/s1. The van der Waals surface area contributed by atoms with Crippen LogP contribution in [0.25, 0.3) is 0 Å². The van der Waals surface area contributed by atoms with Crippen LogP contribution in [0.4, 0.5) is 5.69 Å². The highest BCUT2D eigenvalue weighted by Gasteiger charge is 2.25. The molecule has 0 saturated heterocycles. The molecule has 1 heterocycles. The van der Waals surface area contributed by atoms with Crippen LogP contribution in [0.5, 0.6) is 11.5 Å². The van der Waals surface area contributed by atoms with Crippen LogP contribution in [-0.2, 0) is 16.7 Å². The molecule has 0 aliphatic rings. The van der Waals surface area contributed by atoms with Crippen LogP contribution in [-0.4, -0.2) is 45.5 Å². The summed E-state index contributed by atoms with van der Waals surface area (Å²) >= 11 is 1.39. The van der Waals surface area contributed by atoms with E-state index in [9.17, 15) is 13.2 Å². The number of methoxy groups -OCH3 is 1. The number of ether oxygens (including phenoxy) is 1. The van der Waals surface area contributed by atoms with Crippen LogP contribution in [0.2, 0.25) is 0 Å². The summed E-state index contributed by atoms with van der Waals surface area (Å²) in [6.07, 6.45) is 0.759. The van der Waals surface area contributed by atoms with Crippen LogP contribution in [0.15, 0.2) is 64.9 Å². The van der Waals surface area contributed by atoms with Crippen molar-refractivity contribution < 1.29 is 22.1 Å². The summed E-state index contributed by atoms with van der Waals surface area (Å²) in [5.41, 5.74) is 1.47. The van der Waals surface area contributed by atoms with E-state index in [-0.39, 0.29) is 29.1 Å². The van der Waals surface area contributed by atoms with Crippen molar-refractivity contribution in [1.29, 1.82) is 0 Å². The van der Waals surface area contributed by atoms with Gasteiger partial charge in [0.25, 0.3) is 5.91 Å². The second-order valence-corrected chi connectivity index (χ2v) is 10.8. The van der Waals surface area contributed by atoms with E-state index >= 15 is 0 Å². The van der Waals surface area contributed by atoms with Gasteiger partial charge in [-0.2, -0.15) is 8.42 Å². The number of rotatable bonds is 12. The largest absolute Gasteiger partial charge is 0.497 e. The molecular formula is C27H34N2O5S2. The van der Waals surface area contributed by atoms with Crippen LogP contribution in [0.3, 0.4) is 0 Å². The smallest absolute Gasteiger partial charge is 0.339 e. The van der Waals surface area contributed by atoms with Gasteiger partial charge in [0.1, 0.15) is 16.4 Å². The van der Waals surface area contributed by atoms with E-state index in [4.69, 9.17) is 8.92 Å². The zero-order valence-electron chi connectivity index (χ0n) is 21.4. The molecule has 1 atom stereocenters. The number of thiophene rings is 1. The molecule has 1 amide bonds. The maximum absolute atomic E-state index is 13.3. The van der Waals surface area contributed by atoms with Gasteiger partial charge in [0.05, 0.1) is 12.0 Å². The first-order chi connectivity index (χ1) is 17.2. The van der Waals surface area contributed by atoms with Gasteiger partial charge in [-0.1, -0.05) is 19.1 Å². The quantitative estimate of drug-likeness (QED) is 0.275. The van der Waals surface area contributed by atoms with Gasteiger partial charge in [0.15, 0.2) is 0 Å². The Bertz CT molecular complexity index is 1240. The van der Waals surface area contributed by atoms with Crippen molar-refractivity contribution in [3.05, 3.63) is 70.4 Å². The Hall–Kier alpha value is -3.04. The van der Waals surface area contributed by atoms with Gasteiger partial charge in [0, 0.05) is 43.0 Å². The van der Waals surface area contributed by atoms with Crippen LogP contribution >= 0.6 is 11.3 Å². The van der Waals surface area contributed by atoms with Gasteiger partial charge in [0.2, 0.25) is 0 Å². The Balaban J connectivity index is 2.03. The summed E-state index contributed by atoms with van der Waals surface area (Å²) in [7, 11) is -2.60. The fraction of sp³-hybridized carbons (Fsp3) is 0.370. The fourth-order valence-corrected chi connectivity index (χ4v) is 5.46. The van der Waals surface area contributed by atoms with Gasteiger partial charge < -0.3 is 18.7 Å². The molecular weight excluding hydrogens is 496 g/mol. The minimum absolute atomic E-state index is 0.0240. The lowest BCUT2D eigenvalue weighted by molar-refractivity contribution is 0.0676. The highest BCUT2D eigenvalue weighted by molar-refractivity contribution is 7.87. The molecule has 9 heteroatoms. The van der Waals surface area contributed by atoms with Gasteiger partial charge in [-0.05, 0) is 69.0 Å². The Morgan fingerprint density at radius 2 is 1.72 bits per heavy atom. The van der Waals surface area contributed by atoms with E-state index in [0.717, 1.165) is 25.2 Å². The first-order valence-electron chi connectivity index (χ1n) is 12.0. The van der Waals surface area contributed by atoms with E-state index in [1.165, 1.54) is 30.6 Å². The predicted octanol–water partition coefficient (Wildman–Crippen LogP) is 5.81. The van der Waals surface area contributed by atoms with Crippen molar-refractivity contribution in [1.82, 2.24) is 4.90 Å². The number of carbonyl (C=O) groups excluding carboxylic acids is 1. The van der Waals surface area contributed by atoms with Gasteiger partial charge in [-0.15, -0.1) is 11.3 Å².